The van der Waals surface area contributed by atoms with Crippen LogP contribution >= 0.6 is 22.7 Å². The molecular weight excluding hydrogens is 424 g/mol. The Morgan fingerprint density at radius 2 is 1.94 bits per heavy atom. The molecule has 0 unspecified atom stereocenters. The highest BCUT2D eigenvalue weighted by Gasteiger charge is 2.69. The molecule has 2 saturated heterocycles. The van der Waals surface area contributed by atoms with Gasteiger partial charge in [-0.05, 0) is 60.5 Å². The maximum atomic E-state index is 13.9. The van der Waals surface area contributed by atoms with Crippen LogP contribution in [-0.2, 0) is 15.1 Å². The van der Waals surface area contributed by atoms with Gasteiger partial charge in [-0.3, -0.25) is 14.5 Å². The van der Waals surface area contributed by atoms with Crippen LogP contribution in [0.2, 0.25) is 0 Å². The Morgan fingerprint density at radius 1 is 1.10 bits per heavy atom. The van der Waals surface area contributed by atoms with Gasteiger partial charge >= 0.3 is 0 Å². The molecule has 4 nitrogen and oxygen atoms in total. The van der Waals surface area contributed by atoms with Crippen LogP contribution < -0.4 is 5.32 Å². The topological polar surface area (TPSA) is 49.4 Å². The van der Waals surface area contributed by atoms with E-state index < -0.39 is 11.5 Å². The number of allylic oxidation sites excluding steroid dienone is 1. The first kappa shape index (κ1) is 19.2. The second-order valence-electron chi connectivity index (χ2n) is 8.44. The normalized spacial score (nSPS) is 29.5. The van der Waals surface area contributed by atoms with Crippen molar-refractivity contribution in [2.45, 2.75) is 30.3 Å². The average molecular weight is 447 g/mol. The van der Waals surface area contributed by atoms with Crippen molar-refractivity contribution in [3.63, 3.8) is 0 Å². The first-order chi connectivity index (χ1) is 15.2. The fourth-order valence-corrected chi connectivity index (χ4v) is 7.53. The zero-order valence-electron chi connectivity index (χ0n) is 16.9. The standard InChI is InChI=1S/C25H22N2O2S2/c28-20(12-11-16-6-4-14-30-16)23-22(21-10-5-15-31-21)19-9-3-13-27(19)25(23)17-7-1-2-8-18(17)26-24(25)29/h1-2,4-8,10-12,14-15,19,22-23H,3,9,13H2,(H,26,29)/b12-11+/t19-,22+,23+,25+/m1/s1. The van der Waals surface area contributed by atoms with Crippen molar-refractivity contribution in [2.75, 3.05) is 11.9 Å². The van der Waals surface area contributed by atoms with Gasteiger partial charge in [-0.2, -0.15) is 0 Å². The van der Waals surface area contributed by atoms with Crippen LogP contribution in [0.25, 0.3) is 6.08 Å². The van der Waals surface area contributed by atoms with Gasteiger partial charge in [-0.15, -0.1) is 22.7 Å². The van der Waals surface area contributed by atoms with Gasteiger partial charge in [0.05, 0.1) is 5.92 Å². The first-order valence-corrected chi connectivity index (χ1v) is 12.4. The highest BCUT2D eigenvalue weighted by atomic mass is 32.1. The summed E-state index contributed by atoms with van der Waals surface area (Å²) in [7, 11) is 0. The van der Waals surface area contributed by atoms with Crippen molar-refractivity contribution < 1.29 is 9.59 Å². The van der Waals surface area contributed by atoms with E-state index in [9.17, 15) is 9.59 Å². The van der Waals surface area contributed by atoms with E-state index in [1.54, 1.807) is 28.7 Å². The van der Waals surface area contributed by atoms with E-state index in [4.69, 9.17) is 0 Å². The Balaban J connectivity index is 1.55. The van der Waals surface area contributed by atoms with E-state index in [0.29, 0.717) is 0 Å². The largest absolute Gasteiger partial charge is 0.324 e. The number of thiophene rings is 2. The molecule has 1 aromatic carbocycles. The van der Waals surface area contributed by atoms with Gasteiger partial charge in [0.2, 0.25) is 5.91 Å². The lowest BCUT2D eigenvalue weighted by Gasteiger charge is -2.36. The molecule has 0 aliphatic carbocycles. The van der Waals surface area contributed by atoms with E-state index in [-0.39, 0.29) is 23.7 Å². The van der Waals surface area contributed by atoms with Gasteiger partial charge in [0.15, 0.2) is 5.78 Å². The molecule has 0 radical (unpaired) electrons. The van der Waals surface area contributed by atoms with Crippen molar-refractivity contribution in [3.8, 4) is 0 Å². The number of anilines is 1. The molecule has 0 bridgehead atoms. The number of nitrogens with one attached hydrogen (secondary N) is 1. The third-order valence-corrected chi connectivity index (χ3v) is 8.85. The molecule has 0 saturated carbocycles. The second kappa shape index (κ2) is 7.26. The fourth-order valence-electron chi connectivity index (χ4n) is 5.99. The number of nitrogens with zero attached hydrogens (tertiary/aromatic N) is 1. The molecule has 31 heavy (non-hydrogen) atoms. The van der Waals surface area contributed by atoms with E-state index in [1.807, 2.05) is 47.9 Å². The van der Waals surface area contributed by atoms with Crippen LogP contribution in [0.15, 0.2) is 65.4 Å². The van der Waals surface area contributed by atoms with Crippen LogP contribution in [0.1, 0.15) is 34.1 Å². The lowest BCUT2D eigenvalue weighted by atomic mass is 9.71. The van der Waals surface area contributed by atoms with E-state index in [2.05, 4.69) is 27.7 Å². The molecule has 156 valence electrons. The van der Waals surface area contributed by atoms with Crippen LogP contribution in [0, 0.1) is 5.92 Å². The minimum Gasteiger partial charge on any atom is -0.324 e. The van der Waals surface area contributed by atoms with Gasteiger partial charge in [0, 0.05) is 33.0 Å². The summed E-state index contributed by atoms with van der Waals surface area (Å²) in [6.07, 6.45) is 5.66. The zero-order valence-corrected chi connectivity index (χ0v) is 18.5. The van der Waals surface area contributed by atoms with Gasteiger partial charge in [-0.1, -0.05) is 30.3 Å². The van der Waals surface area contributed by atoms with Crippen LogP contribution in [0.5, 0.6) is 0 Å². The third kappa shape index (κ3) is 2.68. The van der Waals surface area contributed by atoms with E-state index >= 15 is 0 Å². The highest BCUT2D eigenvalue weighted by Crippen LogP contribution is 2.61. The molecule has 4 atom stereocenters. The molecule has 2 fully saturated rings. The Bertz CT molecular complexity index is 1170. The third-order valence-electron chi connectivity index (χ3n) is 7.04. The molecule has 1 N–H and O–H groups in total. The summed E-state index contributed by atoms with van der Waals surface area (Å²) >= 11 is 3.31. The predicted molar refractivity (Wildman–Crippen MR) is 125 cm³/mol. The van der Waals surface area contributed by atoms with Crippen LogP contribution in [0.4, 0.5) is 5.69 Å². The van der Waals surface area contributed by atoms with Crippen molar-refractivity contribution in [1.82, 2.24) is 4.90 Å². The van der Waals surface area contributed by atoms with Crippen molar-refractivity contribution in [2.24, 2.45) is 5.92 Å². The van der Waals surface area contributed by atoms with Crippen LogP contribution in [0.3, 0.4) is 0 Å². The second-order valence-corrected chi connectivity index (χ2v) is 10.4. The number of carbonyl (C=O) groups is 2. The molecule has 3 aliphatic rings. The summed E-state index contributed by atoms with van der Waals surface area (Å²) in [4.78, 5) is 32.2. The Kier molecular flexibility index (Phi) is 4.49. The molecule has 1 amide bonds. The number of fused-ring (bicyclic) bond motifs is 4. The van der Waals surface area contributed by atoms with Crippen LogP contribution in [-0.4, -0.2) is 29.2 Å². The summed E-state index contributed by atoms with van der Waals surface area (Å²) in [6, 6.07) is 16.3. The Morgan fingerprint density at radius 3 is 2.74 bits per heavy atom. The summed E-state index contributed by atoms with van der Waals surface area (Å²) in [6.45, 7) is 0.840. The predicted octanol–water partition coefficient (Wildman–Crippen LogP) is 5.12. The minimum atomic E-state index is -0.941. The summed E-state index contributed by atoms with van der Waals surface area (Å²) < 4.78 is 0. The number of hydrogen-bond acceptors (Lipinski definition) is 5. The van der Waals surface area contributed by atoms with Gasteiger partial charge in [0.25, 0.3) is 0 Å². The molecule has 1 spiro atoms. The van der Waals surface area contributed by atoms with Crippen molar-refractivity contribution in [3.05, 3.63) is 80.7 Å². The maximum Gasteiger partial charge on any atom is 0.250 e. The summed E-state index contributed by atoms with van der Waals surface area (Å²) in [5.41, 5.74) is 0.849. The lowest BCUT2D eigenvalue weighted by molar-refractivity contribution is -0.134. The van der Waals surface area contributed by atoms with Crippen molar-refractivity contribution in [1.29, 1.82) is 0 Å². The molecule has 6 rings (SSSR count). The number of ketones is 1. The number of para-hydroxylation sites is 1. The molecule has 5 heterocycles. The maximum absolute atomic E-state index is 13.9. The summed E-state index contributed by atoms with van der Waals surface area (Å²) in [5, 5.41) is 7.19. The molecule has 2 aromatic heterocycles. The molecule has 3 aliphatic heterocycles. The highest BCUT2D eigenvalue weighted by molar-refractivity contribution is 7.10. The Hall–Kier alpha value is -2.54. The van der Waals surface area contributed by atoms with E-state index in [1.165, 1.54) is 4.88 Å². The van der Waals surface area contributed by atoms with Gasteiger partial charge in [0.1, 0.15) is 5.54 Å². The van der Waals surface area contributed by atoms with Gasteiger partial charge < -0.3 is 5.32 Å². The molecular formula is C25H22N2O2S2. The quantitative estimate of drug-likeness (QED) is 0.566. The van der Waals surface area contributed by atoms with E-state index in [0.717, 1.165) is 35.5 Å². The minimum absolute atomic E-state index is 0.0138. The number of benzene rings is 1. The Labute approximate surface area is 189 Å². The summed E-state index contributed by atoms with van der Waals surface area (Å²) in [5.74, 6) is -0.452. The smallest absolute Gasteiger partial charge is 0.250 e. The SMILES string of the molecule is O=C(/C=C/c1cccs1)[C@H]1[C@H](c2cccs2)[C@H]2CCCN2[C@]12C(=O)Nc1ccccc12. The number of rotatable bonds is 4. The number of amides is 1. The molecule has 6 heteroatoms. The monoisotopic (exact) mass is 446 g/mol. The molecule has 3 aromatic rings. The average Bonchev–Trinajstić information content (AvgIpc) is 3.58. The number of hydrogen-bond donors (Lipinski definition) is 1. The first-order valence-electron chi connectivity index (χ1n) is 10.7. The lowest BCUT2D eigenvalue weighted by Crippen LogP contribution is -2.52. The fraction of sp³-hybridized carbons (Fsp3) is 0.280. The van der Waals surface area contributed by atoms with Gasteiger partial charge in [-0.25, -0.2) is 0 Å². The zero-order chi connectivity index (χ0) is 21.0. The number of carbonyl (C=O) groups excluding carboxylic acids is 2. The van der Waals surface area contributed by atoms with Crippen molar-refractivity contribution >= 4 is 46.1 Å².